The molecule has 0 saturated heterocycles. The van der Waals surface area contributed by atoms with Gasteiger partial charge in [0.2, 0.25) is 0 Å². The lowest BCUT2D eigenvalue weighted by Gasteiger charge is -2.12. The maximum atomic E-state index is 5.63. The van der Waals surface area contributed by atoms with Gasteiger partial charge in [0.1, 0.15) is 12.4 Å². The summed E-state index contributed by atoms with van der Waals surface area (Å²) in [5, 5.41) is 6.42. The average molecular weight is 327 g/mol. The molecule has 0 atom stereocenters. The van der Waals surface area contributed by atoms with Gasteiger partial charge in [-0.2, -0.15) is 0 Å². The number of rotatable bonds is 9. The van der Waals surface area contributed by atoms with Gasteiger partial charge in [0.25, 0.3) is 0 Å². The fourth-order valence-corrected chi connectivity index (χ4v) is 2.08. The van der Waals surface area contributed by atoms with E-state index >= 15 is 0 Å². The van der Waals surface area contributed by atoms with Gasteiger partial charge in [0.15, 0.2) is 5.96 Å². The summed E-state index contributed by atoms with van der Waals surface area (Å²) in [6.07, 6.45) is 0. The molecule has 2 aromatic rings. The Morgan fingerprint density at radius 1 is 0.875 bits per heavy atom. The van der Waals surface area contributed by atoms with Gasteiger partial charge in [-0.3, -0.25) is 4.99 Å². The summed E-state index contributed by atoms with van der Waals surface area (Å²) in [5.41, 5.74) is 1.18. The van der Waals surface area contributed by atoms with Crippen molar-refractivity contribution in [2.45, 2.75) is 6.61 Å². The van der Waals surface area contributed by atoms with E-state index in [0.29, 0.717) is 32.9 Å². The van der Waals surface area contributed by atoms with Crippen LogP contribution >= 0.6 is 0 Å². The molecule has 0 aromatic heterocycles. The molecule has 0 aliphatic heterocycles. The number of aliphatic imine (C=N–C) groups is 1. The molecule has 0 aliphatic rings. The van der Waals surface area contributed by atoms with E-state index in [2.05, 4.69) is 27.8 Å². The predicted molar refractivity (Wildman–Crippen MR) is 97.4 cm³/mol. The monoisotopic (exact) mass is 327 g/mol. The molecule has 0 aliphatic carbocycles. The Hall–Kier alpha value is -2.53. The minimum Gasteiger partial charge on any atom is -0.492 e. The number of nitrogens with one attached hydrogen (secondary N) is 2. The van der Waals surface area contributed by atoms with E-state index in [1.54, 1.807) is 7.05 Å². The Morgan fingerprint density at radius 2 is 1.50 bits per heavy atom. The Labute approximate surface area is 143 Å². The quantitative estimate of drug-likeness (QED) is 0.422. The molecule has 0 radical (unpaired) electrons. The highest BCUT2D eigenvalue weighted by Crippen LogP contribution is 2.07. The second-order valence-electron chi connectivity index (χ2n) is 5.13. The summed E-state index contributed by atoms with van der Waals surface area (Å²) < 4.78 is 11.3. The van der Waals surface area contributed by atoms with Crippen molar-refractivity contribution in [3.63, 3.8) is 0 Å². The highest BCUT2D eigenvalue weighted by molar-refractivity contribution is 5.79. The van der Waals surface area contributed by atoms with Crippen molar-refractivity contribution in [2.75, 3.05) is 33.4 Å². The van der Waals surface area contributed by atoms with Gasteiger partial charge in [-0.1, -0.05) is 48.5 Å². The Bertz CT molecular complexity index is 588. The lowest BCUT2D eigenvalue weighted by Crippen LogP contribution is -2.40. The maximum absolute atomic E-state index is 5.63. The molecule has 5 heteroatoms. The molecule has 0 saturated carbocycles. The molecule has 24 heavy (non-hydrogen) atoms. The van der Waals surface area contributed by atoms with Crippen LogP contribution in [0.1, 0.15) is 5.56 Å². The second-order valence-corrected chi connectivity index (χ2v) is 5.13. The van der Waals surface area contributed by atoms with Crippen LogP contribution in [0.4, 0.5) is 0 Å². The largest absolute Gasteiger partial charge is 0.492 e. The van der Waals surface area contributed by atoms with Gasteiger partial charge in [0.05, 0.1) is 19.8 Å². The summed E-state index contributed by atoms with van der Waals surface area (Å²) in [6, 6.07) is 19.9. The SMILES string of the molecule is CN=C(NCCOCc1ccccc1)NCCOc1ccccc1. The molecule has 0 spiro atoms. The summed E-state index contributed by atoms with van der Waals surface area (Å²) in [5.74, 6) is 1.62. The van der Waals surface area contributed by atoms with Gasteiger partial charge < -0.3 is 20.1 Å². The number of hydrogen-bond donors (Lipinski definition) is 2. The van der Waals surface area contributed by atoms with Gasteiger partial charge >= 0.3 is 0 Å². The molecule has 0 amide bonds. The Balaban J connectivity index is 1.52. The van der Waals surface area contributed by atoms with E-state index < -0.39 is 0 Å². The lowest BCUT2D eigenvalue weighted by molar-refractivity contribution is 0.125. The van der Waals surface area contributed by atoms with Crippen molar-refractivity contribution in [3.8, 4) is 5.75 Å². The van der Waals surface area contributed by atoms with Crippen LogP contribution in [0, 0.1) is 0 Å². The summed E-state index contributed by atoms with van der Waals surface area (Å²) in [6.45, 7) is 3.20. The molecule has 5 nitrogen and oxygen atoms in total. The van der Waals surface area contributed by atoms with Gasteiger partial charge in [0, 0.05) is 13.6 Å². The first kappa shape index (κ1) is 17.8. The van der Waals surface area contributed by atoms with Crippen molar-refractivity contribution in [2.24, 2.45) is 4.99 Å². The fraction of sp³-hybridized carbons (Fsp3) is 0.316. The minimum absolute atomic E-state index is 0.579. The highest BCUT2D eigenvalue weighted by atomic mass is 16.5. The average Bonchev–Trinajstić information content (AvgIpc) is 2.65. The molecule has 2 N–H and O–H groups in total. The molecule has 2 rings (SSSR count). The maximum Gasteiger partial charge on any atom is 0.191 e. The van der Waals surface area contributed by atoms with Crippen LogP contribution in [0.5, 0.6) is 5.75 Å². The number of guanidine groups is 1. The molecule has 0 bridgehead atoms. The zero-order chi connectivity index (χ0) is 16.9. The predicted octanol–water partition coefficient (Wildman–Crippen LogP) is 2.45. The number of hydrogen-bond acceptors (Lipinski definition) is 3. The third kappa shape index (κ3) is 7.15. The van der Waals surface area contributed by atoms with Crippen LogP contribution in [0.25, 0.3) is 0 Å². The molecular formula is C19H25N3O2. The second kappa shape index (κ2) is 11.1. The van der Waals surface area contributed by atoms with E-state index in [-0.39, 0.29) is 0 Å². The van der Waals surface area contributed by atoms with Crippen molar-refractivity contribution in [1.29, 1.82) is 0 Å². The van der Waals surface area contributed by atoms with E-state index in [4.69, 9.17) is 9.47 Å². The summed E-state index contributed by atoms with van der Waals surface area (Å²) in [4.78, 5) is 4.17. The van der Waals surface area contributed by atoms with E-state index in [1.165, 1.54) is 5.56 Å². The fourth-order valence-electron chi connectivity index (χ4n) is 2.08. The van der Waals surface area contributed by atoms with Crippen LogP contribution < -0.4 is 15.4 Å². The summed E-state index contributed by atoms with van der Waals surface area (Å²) in [7, 11) is 1.75. The first-order valence-electron chi connectivity index (χ1n) is 8.12. The van der Waals surface area contributed by atoms with Gasteiger partial charge in [-0.25, -0.2) is 0 Å². The lowest BCUT2D eigenvalue weighted by atomic mass is 10.2. The van der Waals surface area contributed by atoms with Gasteiger partial charge in [-0.05, 0) is 17.7 Å². The zero-order valence-corrected chi connectivity index (χ0v) is 14.1. The first-order chi connectivity index (χ1) is 11.9. The number of ether oxygens (including phenoxy) is 2. The van der Waals surface area contributed by atoms with Crippen molar-refractivity contribution >= 4 is 5.96 Å². The number of benzene rings is 2. The Morgan fingerprint density at radius 3 is 2.17 bits per heavy atom. The van der Waals surface area contributed by atoms with Crippen LogP contribution in [-0.2, 0) is 11.3 Å². The van der Waals surface area contributed by atoms with Crippen molar-refractivity contribution in [3.05, 3.63) is 66.2 Å². The topological polar surface area (TPSA) is 54.9 Å². The molecule has 0 heterocycles. The molecule has 2 aromatic carbocycles. The molecule has 0 fully saturated rings. The van der Waals surface area contributed by atoms with Crippen LogP contribution in [0.15, 0.2) is 65.7 Å². The van der Waals surface area contributed by atoms with Crippen molar-refractivity contribution in [1.82, 2.24) is 10.6 Å². The third-order valence-electron chi connectivity index (χ3n) is 3.28. The van der Waals surface area contributed by atoms with Crippen LogP contribution in [0.3, 0.4) is 0 Å². The van der Waals surface area contributed by atoms with E-state index in [0.717, 1.165) is 11.7 Å². The van der Waals surface area contributed by atoms with Crippen LogP contribution in [0.2, 0.25) is 0 Å². The van der Waals surface area contributed by atoms with E-state index in [9.17, 15) is 0 Å². The normalized spacial score (nSPS) is 11.1. The van der Waals surface area contributed by atoms with Crippen LogP contribution in [-0.4, -0.2) is 39.3 Å². The first-order valence-corrected chi connectivity index (χ1v) is 8.12. The van der Waals surface area contributed by atoms with Gasteiger partial charge in [-0.15, -0.1) is 0 Å². The summed E-state index contributed by atoms with van der Waals surface area (Å²) >= 11 is 0. The smallest absolute Gasteiger partial charge is 0.191 e. The minimum atomic E-state index is 0.579. The number of nitrogens with zero attached hydrogens (tertiary/aromatic N) is 1. The highest BCUT2D eigenvalue weighted by Gasteiger charge is 1.98. The molecule has 0 unspecified atom stereocenters. The molecule has 128 valence electrons. The Kier molecular flexibility index (Phi) is 8.22. The third-order valence-corrected chi connectivity index (χ3v) is 3.28. The zero-order valence-electron chi connectivity index (χ0n) is 14.1. The standard InChI is InChI=1S/C19H25N3O2/c1-20-19(22-13-15-24-18-10-6-3-7-11-18)21-12-14-23-16-17-8-4-2-5-9-17/h2-11H,12-16H2,1H3,(H2,20,21,22). The number of para-hydroxylation sites is 1. The molecular weight excluding hydrogens is 302 g/mol. The van der Waals surface area contributed by atoms with E-state index in [1.807, 2.05) is 48.5 Å². The van der Waals surface area contributed by atoms with Crippen molar-refractivity contribution < 1.29 is 9.47 Å².